The molecule has 1 fully saturated rings. The zero-order chi connectivity index (χ0) is 14.9. The van der Waals surface area contributed by atoms with E-state index in [1.807, 2.05) is 30.3 Å². The van der Waals surface area contributed by atoms with Crippen molar-refractivity contribution in [1.82, 2.24) is 9.29 Å². The summed E-state index contributed by atoms with van der Waals surface area (Å²) in [5, 5.41) is 0.984. The summed E-state index contributed by atoms with van der Waals surface area (Å²) in [5.74, 6) is 1.05. The first-order valence-electron chi connectivity index (χ1n) is 6.96. The van der Waals surface area contributed by atoms with Gasteiger partial charge in [-0.25, -0.2) is 12.7 Å². The van der Waals surface area contributed by atoms with Gasteiger partial charge in [-0.3, -0.25) is 4.98 Å². The van der Waals surface area contributed by atoms with Crippen molar-refractivity contribution >= 4 is 20.9 Å². The monoisotopic (exact) mass is 306 g/mol. The summed E-state index contributed by atoms with van der Waals surface area (Å²) < 4.78 is 30.4. The van der Waals surface area contributed by atoms with Crippen LogP contribution in [0.15, 0.2) is 36.5 Å². The van der Waals surface area contributed by atoms with E-state index in [1.54, 1.807) is 6.20 Å². The van der Waals surface area contributed by atoms with Gasteiger partial charge in [0.05, 0.1) is 18.4 Å². The van der Waals surface area contributed by atoms with Gasteiger partial charge >= 0.3 is 0 Å². The van der Waals surface area contributed by atoms with Crippen LogP contribution in [0.2, 0.25) is 0 Å². The Labute approximate surface area is 124 Å². The van der Waals surface area contributed by atoms with Gasteiger partial charge in [0.2, 0.25) is 10.0 Å². The van der Waals surface area contributed by atoms with Crippen molar-refractivity contribution in [3.63, 3.8) is 0 Å². The van der Waals surface area contributed by atoms with Crippen molar-refractivity contribution in [3.8, 4) is 5.75 Å². The number of nitrogens with zero attached hydrogens (tertiary/aromatic N) is 2. The third-order valence-electron chi connectivity index (χ3n) is 3.80. The Bertz CT molecular complexity index is 740. The second-order valence-electron chi connectivity index (χ2n) is 5.41. The maximum atomic E-state index is 11.5. The van der Waals surface area contributed by atoms with E-state index >= 15 is 0 Å². The molecule has 0 bridgehead atoms. The van der Waals surface area contributed by atoms with Gasteiger partial charge in [0.15, 0.2) is 0 Å². The van der Waals surface area contributed by atoms with Crippen LogP contribution in [0.5, 0.6) is 5.75 Å². The average Bonchev–Trinajstić information content (AvgIpc) is 2.94. The highest BCUT2D eigenvalue weighted by atomic mass is 32.2. The van der Waals surface area contributed by atoms with Crippen molar-refractivity contribution in [2.45, 2.75) is 6.42 Å². The van der Waals surface area contributed by atoms with Gasteiger partial charge in [0.25, 0.3) is 0 Å². The molecule has 0 spiro atoms. The van der Waals surface area contributed by atoms with Gasteiger partial charge in [-0.2, -0.15) is 0 Å². The van der Waals surface area contributed by atoms with E-state index in [1.165, 1.54) is 10.6 Å². The number of benzene rings is 1. The third kappa shape index (κ3) is 3.16. The van der Waals surface area contributed by atoms with Gasteiger partial charge in [-0.05, 0) is 30.7 Å². The molecule has 0 amide bonds. The highest BCUT2D eigenvalue weighted by molar-refractivity contribution is 7.88. The highest BCUT2D eigenvalue weighted by Crippen LogP contribution is 2.26. The summed E-state index contributed by atoms with van der Waals surface area (Å²) in [6.45, 7) is 1.66. The Kier molecular flexibility index (Phi) is 3.82. The molecule has 0 aliphatic carbocycles. The Hall–Kier alpha value is -1.66. The molecule has 3 rings (SSSR count). The minimum Gasteiger partial charge on any atom is -0.493 e. The molecule has 2 heterocycles. The molecule has 112 valence electrons. The summed E-state index contributed by atoms with van der Waals surface area (Å²) in [4.78, 5) is 4.30. The number of aromatic nitrogens is 1. The number of hydrogen-bond donors (Lipinski definition) is 0. The first-order chi connectivity index (χ1) is 10.0. The van der Waals surface area contributed by atoms with Gasteiger partial charge in [0, 0.05) is 30.6 Å². The SMILES string of the molecule is CS(=O)(=O)N1CC[C@@H](COc2cccc3ncccc23)C1. The van der Waals surface area contributed by atoms with E-state index in [2.05, 4.69) is 4.98 Å². The largest absolute Gasteiger partial charge is 0.493 e. The number of rotatable bonds is 4. The summed E-state index contributed by atoms with van der Waals surface area (Å²) in [6, 6.07) is 9.66. The Morgan fingerprint density at radius 2 is 2.19 bits per heavy atom. The predicted molar refractivity (Wildman–Crippen MR) is 81.8 cm³/mol. The van der Waals surface area contributed by atoms with Crippen molar-refractivity contribution < 1.29 is 13.2 Å². The first kappa shape index (κ1) is 14.3. The lowest BCUT2D eigenvalue weighted by atomic mass is 10.1. The number of pyridine rings is 1. The number of ether oxygens (including phenoxy) is 1. The molecule has 6 heteroatoms. The fraction of sp³-hybridized carbons (Fsp3) is 0.400. The van der Waals surface area contributed by atoms with Gasteiger partial charge < -0.3 is 4.74 Å². The van der Waals surface area contributed by atoms with Crippen molar-refractivity contribution in [1.29, 1.82) is 0 Å². The van der Waals surface area contributed by atoms with E-state index in [4.69, 9.17) is 4.74 Å². The zero-order valence-corrected chi connectivity index (χ0v) is 12.7. The molecule has 1 atom stereocenters. The van der Waals surface area contributed by atoms with Crippen LogP contribution in [0.4, 0.5) is 0 Å². The normalized spacial score (nSPS) is 20.0. The topological polar surface area (TPSA) is 59.5 Å². The van der Waals surface area contributed by atoms with Crippen LogP contribution in [0.3, 0.4) is 0 Å². The van der Waals surface area contributed by atoms with E-state index in [-0.39, 0.29) is 5.92 Å². The highest BCUT2D eigenvalue weighted by Gasteiger charge is 2.28. The standard InChI is InChI=1S/C15H18N2O3S/c1-21(18,19)17-9-7-12(10-17)11-20-15-6-2-5-14-13(15)4-3-8-16-14/h2-6,8,12H,7,9-11H2,1H3/t12-/m1/s1. The number of hydrogen-bond acceptors (Lipinski definition) is 4. The van der Waals surface area contributed by atoms with Crippen molar-refractivity contribution in [2.24, 2.45) is 5.92 Å². The van der Waals surface area contributed by atoms with Crippen LogP contribution >= 0.6 is 0 Å². The fourth-order valence-electron chi connectivity index (χ4n) is 2.64. The molecule has 21 heavy (non-hydrogen) atoms. The minimum atomic E-state index is -3.09. The Balaban J connectivity index is 1.68. The molecule has 1 saturated heterocycles. The van der Waals surface area contributed by atoms with Gasteiger partial charge in [0.1, 0.15) is 5.75 Å². The van der Waals surface area contributed by atoms with Crippen molar-refractivity contribution in [2.75, 3.05) is 26.0 Å². The van der Waals surface area contributed by atoms with Crippen LogP contribution in [-0.2, 0) is 10.0 Å². The van der Waals surface area contributed by atoms with E-state index in [9.17, 15) is 8.42 Å². The van der Waals surface area contributed by atoms with Gasteiger partial charge in [-0.15, -0.1) is 0 Å². The van der Waals surface area contributed by atoms with Crippen molar-refractivity contribution in [3.05, 3.63) is 36.5 Å². The lowest BCUT2D eigenvalue weighted by Gasteiger charge is -2.15. The molecule has 0 radical (unpaired) electrons. The molecule has 5 nitrogen and oxygen atoms in total. The van der Waals surface area contributed by atoms with Crippen LogP contribution in [0, 0.1) is 5.92 Å². The maximum Gasteiger partial charge on any atom is 0.211 e. The van der Waals surface area contributed by atoms with Gasteiger partial charge in [-0.1, -0.05) is 6.07 Å². The number of sulfonamides is 1. The molecular weight excluding hydrogens is 288 g/mol. The Morgan fingerprint density at radius 3 is 2.95 bits per heavy atom. The molecule has 1 aliphatic rings. The van der Waals surface area contributed by atoms with Crippen LogP contribution in [0.25, 0.3) is 10.9 Å². The predicted octanol–water partition coefficient (Wildman–Crippen LogP) is 1.90. The quantitative estimate of drug-likeness (QED) is 0.865. The second-order valence-corrected chi connectivity index (χ2v) is 7.40. The Morgan fingerprint density at radius 1 is 1.33 bits per heavy atom. The summed E-state index contributed by atoms with van der Waals surface area (Å²) >= 11 is 0. The summed E-state index contributed by atoms with van der Waals surface area (Å²) in [7, 11) is -3.09. The lowest BCUT2D eigenvalue weighted by Crippen LogP contribution is -2.28. The smallest absolute Gasteiger partial charge is 0.211 e. The fourth-order valence-corrected chi connectivity index (χ4v) is 3.56. The van der Waals surface area contributed by atoms with Crippen LogP contribution in [-0.4, -0.2) is 43.7 Å². The minimum absolute atomic E-state index is 0.242. The van der Waals surface area contributed by atoms with Crippen LogP contribution < -0.4 is 4.74 Å². The third-order valence-corrected chi connectivity index (χ3v) is 5.07. The summed E-state index contributed by atoms with van der Waals surface area (Å²) in [6.07, 6.45) is 3.86. The summed E-state index contributed by atoms with van der Waals surface area (Å²) in [5.41, 5.74) is 0.902. The molecule has 2 aromatic rings. The first-order valence-corrected chi connectivity index (χ1v) is 8.80. The van der Waals surface area contributed by atoms with E-state index in [0.717, 1.165) is 23.1 Å². The van der Waals surface area contributed by atoms with E-state index < -0.39 is 10.0 Å². The molecule has 0 N–H and O–H groups in total. The maximum absolute atomic E-state index is 11.5. The van der Waals surface area contributed by atoms with E-state index in [0.29, 0.717) is 19.7 Å². The molecule has 0 saturated carbocycles. The lowest BCUT2D eigenvalue weighted by molar-refractivity contribution is 0.258. The molecule has 1 aromatic heterocycles. The number of fused-ring (bicyclic) bond motifs is 1. The molecule has 0 unspecified atom stereocenters. The molecule has 1 aromatic carbocycles. The molecular formula is C15H18N2O3S. The second kappa shape index (κ2) is 5.61. The molecule has 1 aliphatic heterocycles. The average molecular weight is 306 g/mol. The zero-order valence-electron chi connectivity index (χ0n) is 11.9. The van der Waals surface area contributed by atoms with Crippen LogP contribution in [0.1, 0.15) is 6.42 Å².